The molecule has 1 amide bonds. The summed E-state index contributed by atoms with van der Waals surface area (Å²) in [5, 5.41) is 12.1. The van der Waals surface area contributed by atoms with E-state index in [-0.39, 0.29) is 18.6 Å². The number of rotatable bonds is 4. The summed E-state index contributed by atoms with van der Waals surface area (Å²) in [7, 11) is 1.81. The molecule has 1 aliphatic heterocycles. The Hall–Kier alpha value is -1.39. The van der Waals surface area contributed by atoms with Gasteiger partial charge in [0.15, 0.2) is 0 Å². The maximum absolute atomic E-state index is 11.5. The van der Waals surface area contributed by atoms with Crippen LogP contribution in [0.5, 0.6) is 0 Å². The quantitative estimate of drug-likeness (QED) is 0.805. The maximum atomic E-state index is 11.5. The minimum absolute atomic E-state index is 0.0903. The number of amides is 1. The first-order chi connectivity index (χ1) is 8.11. The summed E-state index contributed by atoms with van der Waals surface area (Å²) in [6, 6.07) is 6.16. The van der Waals surface area contributed by atoms with Crippen molar-refractivity contribution >= 4 is 11.6 Å². The highest BCUT2D eigenvalue weighted by atomic mass is 16.3. The highest BCUT2D eigenvalue weighted by Gasteiger charge is 2.23. The van der Waals surface area contributed by atoms with Crippen LogP contribution >= 0.6 is 0 Å². The number of hydrogen-bond acceptors (Lipinski definition) is 3. The van der Waals surface area contributed by atoms with E-state index in [1.165, 1.54) is 0 Å². The van der Waals surface area contributed by atoms with Gasteiger partial charge in [0.05, 0.1) is 13.0 Å². The van der Waals surface area contributed by atoms with E-state index in [9.17, 15) is 4.79 Å². The molecular formula is C13H18N2O2. The second kappa shape index (κ2) is 4.85. The number of aliphatic hydroxyl groups is 1. The van der Waals surface area contributed by atoms with Gasteiger partial charge in [0.1, 0.15) is 0 Å². The number of benzene rings is 1. The van der Waals surface area contributed by atoms with Crippen LogP contribution < -0.4 is 10.2 Å². The first-order valence-corrected chi connectivity index (χ1v) is 5.84. The fourth-order valence-electron chi connectivity index (χ4n) is 1.99. The second-order valence-electron chi connectivity index (χ2n) is 4.56. The van der Waals surface area contributed by atoms with Gasteiger partial charge in [0, 0.05) is 25.3 Å². The SMILES string of the molecule is CC(CO)NCc1ccc2c(c1)CC(=O)N2C. The van der Waals surface area contributed by atoms with Crippen LogP contribution in [0, 0.1) is 0 Å². The molecule has 0 aromatic heterocycles. The molecule has 0 fully saturated rings. The largest absolute Gasteiger partial charge is 0.395 e. The standard InChI is InChI=1S/C13H18N2O2/c1-9(8-16)14-7-10-3-4-12-11(5-10)6-13(17)15(12)2/h3-5,9,14,16H,6-8H2,1-2H3. The van der Waals surface area contributed by atoms with Crippen molar-refractivity contribution in [2.45, 2.75) is 25.9 Å². The van der Waals surface area contributed by atoms with Crippen LogP contribution in [0.2, 0.25) is 0 Å². The Morgan fingerprint density at radius 1 is 1.53 bits per heavy atom. The van der Waals surface area contributed by atoms with Crippen LogP contribution in [0.3, 0.4) is 0 Å². The lowest BCUT2D eigenvalue weighted by Gasteiger charge is -2.13. The lowest BCUT2D eigenvalue weighted by atomic mass is 10.1. The van der Waals surface area contributed by atoms with Crippen molar-refractivity contribution in [3.8, 4) is 0 Å². The van der Waals surface area contributed by atoms with Crippen molar-refractivity contribution < 1.29 is 9.90 Å². The number of likely N-dealkylation sites (N-methyl/N-ethyl adjacent to an activating group) is 1. The zero-order chi connectivity index (χ0) is 12.4. The van der Waals surface area contributed by atoms with Crippen LogP contribution in [-0.4, -0.2) is 30.7 Å². The second-order valence-corrected chi connectivity index (χ2v) is 4.56. The normalized spacial score (nSPS) is 16.2. The van der Waals surface area contributed by atoms with E-state index in [1.807, 2.05) is 19.1 Å². The Morgan fingerprint density at radius 3 is 3.00 bits per heavy atom. The van der Waals surface area contributed by atoms with Crippen molar-refractivity contribution in [1.82, 2.24) is 5.32 Å². The summed E-state index contributed by atoms with van der Waals surface area (Å²) in [4.78, 5) is 13.2. The molecule has 92 valence electrons. The molecular weight excluding hydrogens is 216 g/mol. The fraction of sp³-hybridized carbons (Fsp3) is 0.462. The number of carbonyl (C=O) groups excluding carboxylic acids is 1. The molecule has 0 radical (unpaired) electrons. The van der Waals surface area contributed by atoms with E-state index >= 15 is 0 Å². The third-order valence-corrected chi connectivity index (χ3v) is 3.15. The van der Waals surface area contributed by atoms with E-state index in [0.717, 1.165) is 16.8 Å². The summed E-state index contributed by atoms with van der Waals surface area (Å²) < 4.78 is 0. The third kappa shape index (κ3) is 2.48. The number of nitrogens with one attached hydrogen (secondary N) is 1. The molecule has 1 aromatic rings. The predicted octanol–water partition coefficient (Wildman–Crippen LogP) is 0.676. The van der Waals surface area contributed by atoms with Crippen LogP contribution in [0.1, 0.15) is 18.1 Å². The monoisotopic (exact) mass is 234 g/mol. The van der Waals surface area contributed by atoms with Crippen LogP contribution in [0.25, 0.3) is 0 Å². The third-order valence-electron chi connectivity index (χ3n) is 3.15. The van der Waals surface area contributed by atoms with Gasteiger partial charge in [-0.05, 0) is 24.1 Å². The highest BCUT2D eigenvalue weighted by Crippen LogP contribution is 2.28. The molecule has 4 heteroatoms. The van der Waals surface area contributed by atoms with Crippen molar-refractivity contribution in [3.63, 3.8) is 0 Å². The number of carbonyl (C=O) groups is 1. The van der Waals surface area contributed by atoms with Gasteiger partial charge >= 0.3 is 0 Å². The Bertz CT molecular complexity index is 431. The zero-order valence-corrected chi connectivity index (χ0v) is 10.2. The van der Waals surface area contributed by atoms with Gasteiger partial charge in [-0.3, -0.25) is 4.79 Å². The lowest BCUT2D eigenvalue weighted by molar-refractivity contribution is -0.117. The van der Waals surface area contributed by atoms with Crippen molar-refractivity contribution in [2.75, 3.05) is 18.6 Å². The molecule has 0 bridgehead atoms. The summed E-state index contributed by atoms with van der Waals surface area (Å²) in [6.45, 7) is 2.78. The Kier molecular flexibility index (Phi) is 3.45. The van der Waals surface area contributed by atoms with E-state index in [0.29, 0.717) is 13.0 Å². The topological polar surface area (TPSA) is 52.6 Å². The zero-order valence-electron chi connectivity index (χ0n) is 10.2. The van der Waals surface area contributed by atoms with Gasteiger partial charge in [-0.25, -0.2) is 0 Å². The van der Waals surface area contributed by atoms with Gasteiger partial charge in [0.25, 0.3) is 0 Å². The van der Waals surface area contributed by atoms with Gasteiger partial charge in [-0.2, -0.15) is 0 Å². The molecule has 1 heterocycles. The summed E-state index contributed by atoms with van der Waals surface area (Å²) in [6.07, 6.45) is 0.495. The van der Waals surface area contributed by atoms with Gasteiger partial charge in [0.2, 0.25) is 5.91 Å². The molecule has 4 nitrogen and oxygen atoms in total. The molecule has 0 spiro atoms. The Labute approximate surface area is 101 Å². The van der Waals surface area contributed by atoms with Crippen LogP contribution in [0.4, 0.5) is 5.69 Å². The highest BCUT2D eigenvalue weighted by molar-refractivity contribution is 6.00. The average molecular weight is 234 g/mol. The minimum atomic E-state index is 0.0903. The molecule has 0 saturated heterocycles. The lowest BCUT2D eigenvalue weighted by Crippen LogP contribution is -2.28. The molecule has 17 heavy (non-hydrogen) atoms. The number of aliphatic hydroxyl groups excluding tert-OH is 1. The van der Waals surface area contributed by atoms with E-state index < -0.39 is 0 Å². The Morgan fingerprint density at radius 2 is 2.29 bits per heavy atom. The number of hydrogen-bond donors (Lipinski definition) is 2. The molecule has 0 saturated carbocycles. The van der Waals surface area contributed by atoms with Crippen molar-refractivity contribution in [3.05, 3.63) is 29.3 Å². The van der Waals surface area contributed by atoms with E-state index in [1.54, 1.807) is 11.9 Å². The predicted molar refractivity (Wildman–Crippen MR) is 66.9 cm³/mol. The van der Waals surface area contributed by atoms with Crippen LogP contribution in [-0.2, 0) is 17.8 Å². The minimum Gasteiger partial charge on any atom is -0.395 e. The average Bonchev–Trinajstić information content (AvgIpc) is 2.62. The molecule has 2 N–H and O–H groups in total. The number of nitrogens with zero attached hydrogens (tertiary/aromatic N) is 1. The van der Waals surface area contributed by atoms with Crippen LogP contribution in [0.15, 0.2) is 18.2 Å². The smallest absolute Gasteiger partial charge is 0.231 e. The van der Waals surface area contributed by atoms with E-state index in [4.69, 9.17) is 5.11 Å². The van der Waals surface area contributed by atoms with Crippen molar-refractivity contribution in [1.29, 1.82) is 0 Å². The molecule has 2 rings (SSSR count). The first-order valence-electron chi connectivity index (χ1n) is 5.84. The summed E-state index contributed by atoms with van der Waals surface area (Å²) in [5.41, 5.74) is 3.24. The molecule has 1 atom stereocenters. The van der Waals surface area contributed by atoms with Gasteiger partial charge < -0.3 is 15.3 Å². The number of fused-ring (bicyclic) bond motifs is 1. The fourth-order valence-corrected chi connectivity index (χ4v) is 1.99. The summed E-state index contributed by atoms with van der Waals surface area (Å²) in [5.74, 6) is 0.147. The van der Waals surface area contributed by atoms with E-state index in [2.05, 4.69) is 11.4 Å². The molecule has 1 aromatic carbocycles. The maximum Gasteiger partial charge on any atom is 0.231 e. The van der Waals surface area contributed by atoms with Crippen molar-refractivity contribution in [2.24, 2.45) is 0 Å². The van der Waals surface area contributed by atoms with Gasteiger partial charge in [-0.15, -0.1) is 0 Å². The summed E-state index contributed by atoms with van der Waals surface area (Å²) >= 11 is 0. The molecule has 1 aliphatic rings. The first kappa shape index (κ1) is 12.1. The molecule has 1 unspecified atom stereocenters. The molecule has 0 aliphatic carbocycles. The Balaban J connectivity index is 2.08. The van der Waals surface area contributed by atoms with Gasteiger partial charge in [-0.1, -0.05) is 12.1 Å². The number of anilines is 1.